The van der Waals surface area contributed by atoms with Gasteiger partial charge in [0.1, 0.15) is 12.1 Å². The van der Waals surface area contributed by atoms with E-state index < -0.39 is 0 Å². The van der Waals surface area contributed by atoms with E-state index >= 15 is 0 Å². The van der Waals surface area contributed by atoms with Crippen LogP contribution in [0.4, 0.5) is 0 Å². The average Bonchev–Trinajstić information content (AvgIpc) is 3.57. The highest BCUT2D eigenvalue weighted by Crippen LogP contribution is 2.39. The molecule has 8 aromatic rings. The quantitative estimate of drug-likeness (QED) is 0.227. The maximum absolute atomic E-state index is 10.7. The summed E-state index contributed by atoms with van der Waals surface area (Å²) in [4.78, 5) is 0. The first-order valence-corrected chi connectivity index (χ1v) is 13.8. The van der Waals surface area contributed by atoms with E-state index in [4.69, 9.17) is 0 Å². The molecule has 0 fully saturated rings. The van der Waals surface area contributed by atoms with Crippen molar-refractivity contribution in [2.24, 2.45) is 0 Å². The summed E-state index contributed by atoms with van der Waals surface area (Å²) in [6.07, 6.45) is 0. The molecule has 4 nitrogen and oxygen atoms in total. The first-order valence-electron chi connectivity index (χ1n) is 13.8. The Hall–Kier alpha value is -6.10. The van der Waals surface area contributed by atoms with Gasteiger partial charge in [-0.3, -0.25) is 0 Å². The van der Waals surface area contributed by atoms with E-state index in [1.165, 1.54) is 0 Å². The van der Waals surface area contributed by atoms with E-state index in [2.05, 4.69) is 69.8 Å². The molecule has 194 valence electrons. The van der Waals surface area contributed by atoms with E-state index in [1.54, 1.807) is 0 Å². The fourth-order valence-corrected chi connectivity index (χ4v) is 6.50. The highest BCUT2D eigenvalue weighted by molar-refractivity contribution is 6.10. The number of nitrogens with zero attached hydrogens (tertiary/aromatic N) is 4. The molecule has 6 aromatic carbocycles. The van der Waals surface area contributed by atoms with E-state index in [9.17, 15) is 10.5 Å². The topological polar surface area (TPSA) is 57.4 Å². The van der Waals surface area contributed by atoms with Crippen LogP contribution in [0.5, 0.6) is 0 Å². The van der Waals surface area contributed by atoms with Crippen molar-refractivity contribution in [2.45, 2.75) is 0 Å². The minimum absolute atomic E-state index is 0.528. The Bertz CT molecular complexity index is 2160. The Morgan fingerprint density at radius 1 is 0.357 bits per heavy atom. The number of nitriles is 2. The van der Waals surface area contributed by atoms with Crippen LogP contribution in [0, 0.1) is 22.7 Å². The molecule has 42 heavy (non-hydrogen) atoms. The maximum atomic E-state index is 10.7. The van der Waals surface area contributed by atoms with Gasteiger partial charge in [-0.1, -0.05) is 97.1 Å². The molecule has 0 saturated carbocycles. The molecule has 0 bridgehead atoms. The standard InChI is InChI=1S/C38H22N4/c39-23-31-25(15-9-21-37(31)41-33-17-5-1-11-27(33)28-12-2-6-18-34(28)41)26-16-10-22-38(32(26)24-40)42-35-19-7-3-13-29(35)30-14-4-8-20-36(30)42/h1-22H. The molecular weight excluding hydrogens is 512 g/mol. The number of para-hydroxylation sites is 4. The van der Waals surface area contributed by atoms with Crippen molar-refractivity contribution in [3.63, 3.8) is 0 Å². The third kappa shape index (κ3) is 3.27. The largest absolute Gasteiger partial charge is 0.308 e. The summed E-state index contributed by atoms with van der Waals surface area (Å²) in [5.41, 5.74) is 8.24. The fraction of sp³-hybridized carbons (Fsp3) is 0. The average molecular weight is 535 g/mol. The molecule has 0 N–H and O–H groups in total. The molecule has 0 radical (unpaired) electrons. The predicted molar refractivity (Wildman–Crippen MR) is 170 cm³/mol. The summed E-state index contributed by atoms with van der Waals surface area (Å²) in [7, 11) is 0. The molecule has 0 unspecified atom stereocenters. The molecule has 0 saturated heterocycles. The zero-order valence-corrected chi connectivity index (χ0v) is 22.5. The zero-order valence-electron chi connectivity index (χ0n) is 22.5. The Balaban J connectivity index is 1.43. The van der Waals surface area contributed by atoms with Crippen LogP contribution in [0.2, 0.25) is 0 Å². The summed E-state index contributed by atoms with van der Waals surface area (Å²) in [5, 5.41) is 25.8. The predicted octanol–water partition coefficient (Wildman–Crippen LogP) is 9.29. The van der Waals surface area contributed by atoms with Crippen LogP contribution in [0.1, 0.15) is 11.1 Å². The lowest BCUT2D eigenvalue weighted by atomic mass is 9.94. The summed E-state index contributed by atoms with van der Waals surface area (Å²) in [5.74, 6) is 0. The van der Waals surface area contributed by atoms with Crippen molar-refractivity contribution in [2.75, 3.05) is 0 Å². The van der Waals surface area contributed by atoms with Gasteiger partial charge in [0.15, 0.2) is 0 Å². The highest BCUT2D eigenvalue weighted by Gasteiger charge is 2.21. The first-order chi connectivity index (χ1) is 20.8. The normalized spacial score (nSPS) is 11.3. The molecule has 2 aromatic heterocycles. The number of hydrogen-bond donors (Lipinski definition) is 0. The molecule has 4 heteroatoms. The van der Waals surface area contributed by atoms with Gasteiger partial charge in [0.2, 0.25) is 0 Å². The molecule has 0 spiro atoms. The van der Waals surface area contributed by atoms with Gasteiger partial charge in [0.25, 0.3) is 0 Å². The summed E-state index contributed by atoms with van der Waals surface area (Å²) in [6.45, 7) is 0. The van der Waals surface area contributed by atoms with Crippen LogP contribution in [0.25, 0.3) is 66.1 Å². The van der Waals surface area contributed by atoms with E-state index in [1.807, 2.05) is 84.9 Å². The molecule has 0 aliphatic carbocycles. The third-order valence-electron chi connectivity index (χ3n) is 8.24. The van der Waals surface area contributed by atoms with Gasteiger partial charge in [-0.05, 0) is 36.4 Å². The lowest BCUT2D eigenvalue weighted by Gasteiger charge is -2.16. The molecule has 8 rings (SSSR count). The van der Waals surface area contributed by atoms with Crippen molar-refractivity contribution in [3.05, 3.63) is 145 Å². The highest BCUT2D eigenvalue weighted by atomic mass is 15.0. The minimum atomic E-state index is 0.528. The number of rotatable bonds is 3. The molecule has 0 aliphatic heterocycles. The Morgan fingerprint density at radius 2 is 0.667 bits per heavy atom. The van der Waals surface area contributed by atoms with Gasteiger partial charge in [-0.2, -0.15) is 10.5 Å². The van der Waals surface area contributed by atoms with Gasteiger partial charge in [0.05, 0.1) is 44.6 Å². The molecule has 0 atom stereocenters. The first kappa shape index (κ1) is 23.8. The van der Waals surface area contributed by atoms with Crippen molar-refractivity contribution >= 4 is 43.6 Å². The van der Waals surface area contributed by atoms with E-state index in [-0.39, 0.29) is 0 Å². The second-order valence-corrected chi connectivity index (χ2v) is 10.4. The maximum Gasteiger partial charge on any atom is 0.102 e. The van der Waals surface area contributed by atoms with Crippen molar-refractivity contribution in [1.29, 1.82) is 10.5 Å². The summed E-state index contributed by atoms with van der Waals surface area (Å²) >= 11 is 0. The van der Waals surface area contributed by atoms with Crippen LogP contribution >= 0.6 is 0 Å². The smallest absolute Gasteiger partial charge is 0.102 e. The molecular formula is C38H22N4. The molecule has 2 heterocycles. The molecule has 0 aliphatic rings. The Morgan fingerprint density at radius 3 is 0.976 bits per heavy atom. The van der Waals surface area contributed by atoms with Crippen LogP contribution in [0.3, 0.4) is 0 Å². The zero-order chi connectivity index (χ0) is 28.2. The van der Waals surface area contributed by atoms with Crippen LogP contribution in [-0.4, -0.2) is 9.13 Å². The summed E-state index contributed by atoms with van der Waals surface area (Å²) in [6, 6.07) is 49.9. The van der Waals surface area contributed by atoms with E-state index in [0.29, 0.717) is 11.1 Å². The molecule has 0 amide bonds. The van der Waals surface area contributed by atoms with Crippen molar-refractivity contribution in [3.8, 4) is 34.6 Å². The van der Waals surface area contributed by atoms with Crippen LogP contribution in [0.15, 0.2) is 133 Å². The lowest BCUT2D eigenvalue weighted by Crippen LogP contribution is -2.02. The second-order valence-electron chi connectivity index (χ2n) is 10.4. The number of aromatic nitrogens is 2. The van der Waals surface area contributed by atoms with Gasteiger partial charge >= 0.3 is 0 Å². The number of benzene rings is 6. The van der Waals surface area contributed by atoms with E-state index in [0.717, 1.165) is 66.1 Å². The Kier molecular flexibility index (Phi) is 5.22. The van der Waals surface area contributed by atoms with Gasteiger partial charge < -0.3 is 9.13 Å². The van der Waals surface area contributed by atoms with Crippen LogP contribution in [-0.2, 0) is 0 Å². The third-order valence-corrected chi connectivity index (χ3v) is 8.24. The Labute approximate surface area is 242 Å². The summed E-state index contributed by atoms with van der Waals surface area (Å²) < 4.78 is 4.32. The van der Waals surface area contributed by atoms with Crippen molar-refractivity contribution < 1.29 is 0 Å². The van der Waals surface area contributed by atoms with Crippen molar-refractivity contribution in [1.82, 2.24) is 9.13 Å². The number of fused-ring (bicyclic) bond motifs is 6. The fourth-order valence-electron chi connectivity index (χ4n) is 6.50. The monoisotopic (exact) mass is 534 g/mol. The van der Waals surface area contributed by atoms with Crippen LogP contribution < -0.4 is 0 Å². The van der Waals surface area contributed by atoms with Gasteiger partial charge in [-0.15, -0.1) is 0 Å². The SMILES string of the molecule is N#Cc1c(-c2cccc(-n3c4ccccc4c4ccccc43)c2C#N)cccc1-n1c2ccccc2c2ccccc21. The van der Waals surface area contributed by atoms with Gasteiger partial charge in [-0.25, -0.2) is 0 Å². The lowest BCUT2D eigenvalue weighted by molar-refractivity contribution is 1.16. The minimum Gasteiger partial charge on any atom is -0.308 e. The second kappa shape index (κ2) is 9.24. The number of hydrogen-bond acceptors (Lipinski definition) is 2. The van der Waals surface area contributed by atoms with Gasteiger partial charge in [0, 0.05) is 32.7 Å².